The zero-order chi connectivity index (χ0) is 8.27. The number of halogens is 1. The number of pyridine rings is 1. The van der Waals surface area contributed by atoms with E-state index in [-0.39, 0.29) is 12.4 Å². The first-order chi connectivity index (χ1) is 5.25. The molecule has 1 heterocycles. The molecule has 1 aromatic heterocycles. The van der Waals surface area contributed by atoms with Crippen molar-refractivity contribution in [2.45, 2.75) is 13.5 Å². The molecule has 66 valence electrons. The fourth-order valence-corrected chi connectivity index (χ4v) is 0.946. The first kappa shape index (κ1) is 10.9. The molecule has 3 nitrogen and oxygen atoms in total. The van der Waals surface area contributed by atoms with Crippen LogP contribution in [0.3, 0.4) is 0 Å². The van der Waals surface area contributed by atoms with Gasteiger partial charge < -0.3 is 5.11 Å². The summed E-state index contributed by atoms with van der Waals surface area (Å²) in [5.74, 6) is -0.882. The lowest BCUT2D eigenvalue weighted by Crippen LogP contribution is -2.38. The Hall–Kier alpha value is -1.09. The van der Waals surface area contributed by atoms with E-state index in [1.54, 1.807) is 22.9 Å². The minimum atomic E-state index is -0.882. The van der Waals surface area contributed by atoms with Gasteiger partial charge in [0.1, 0.15) is 6.54 Å². The van der Waals surface area contributed by atoms with E-state index in [1.807, 2.05) is 13.0 Å². The van der Waals surface area contributed by atoms with Gasteiger partial charge in [0.15, 0.2) is 6.20 Å². The van der Waals surface area contributed by atoms with E-state index in [0.29, 0.717) is 12.2 Å². The van der Waals surface area contributed by atoms with Crippen molar-refractivity contribution >= 4 is 18.4 Å². The normalized spacial score (nSPS) is 8.75. The van der Waals surface area contributed by atoms with Crippen LogP contribution in [0.1, 0.15) is 17.4 Å². The van der Waals surface area contributed by atoms with Crippen LogP contribution in [-0.4, -0.2) is 11.1 Å². The molecule has 0 radical (unpaired) electrons. The van der Waals surface area contributed by atoms with Crippen LogP contribution >= 0.6 is 12.4 Å². The molecule has 0 fully saturated rings. The van der Waals surface area contributed by atoms with Crippen molar-refractivity contribution in [2.75, 3.05) is 0 Å². The van der Waals surface area contributed by atoms with E-state index >= 15 is 0 Å². The largest absolute Gasteiger partial charge is 0.473 e. The second-order valence-electron chi connectivity index (χ2n) is 2.18. The zero-order valence-corrected chi connectivity index (χ0v) is 7.54. The third kappa shape index (κ3) is 2.20. The quantitative estimate of drug-likeness (QED) is 0.707. The Morgan fingerprint density at radius 2 is 2.25 bits per heavy atom. The molecule has 0 spiro atoms. The third-order valence-corrected chi connectivity index (χ3v) is 1.50. The van der Waals surface area contributed by atoms with E-state index in [2.05, 4.69) is 0 Å². The van der Waals surface area contributed by atoms with E-state index in [1.165, 1.54) is 0 Å². The first-order valence-corrected chi connectivity index (χ1v) is 3.47. The number of rotatable bonds is 2. The maximum absolute atomic E-state index is 10.6. The highest BCUT2D eigenvalue weighted by Gasteiger charge is 2.14. The molecule has 0 aliphatic heterocycles. The van der Waals surface area contributed by atoms with Gasteiger partial charge in [-0.05, 0) is 13.0 Å². The van der Waals surface area contributed by atoms with Crippen molar-refractivity contribution in [1.29, 1.82) is 0 Å². The fraction of sp³-hybridized carbons (Fsp3) is 0.250. The van der Waals surface area contributed by atoms with E-state index in [0.717, 1.165) is 0 Å². The number of aromatic nitrogens is 1. The molecular weight excluding hydrogens is 178 g/mol. The Bertz CT molecular complexity index is 276. The van der Waals surface area contributed by atoms with Gasteiger partial charge in [0.25, 0.3) is 5.69 Å². The van der Waals surface area contributed by atoms with Crippen molar-refractivity contribution in [3.05, 3.63) is 30.1 Å². The number of carboxylic acids is 1. The maximum Gasteiger partial charge on any atom is 0.401 e. The Kier molecular flexibility index (Phi) is 4.29. The maximum atomic E-state index is 10.6. The molecule has 12 heavy (non-hydrogen) atoms. The molecule has 0 saturated carbocycles. The SMILES string of the molecule is CC[n+]1ccccc1C(=O)O.Cl. The number of aromatic carboxylic acids is 1. The summed E-state index contributed by atoms with van der Waals surface area (Å²) in [6.07, 6.45) is 1.75. The summed E-state index contributed by atoms with van der Waals surface area (Å²) in [4.78, 5) is 10.6. The summed E-state index contributed by atoms with van der Waals surface area (Å²) < 4.78 is 1.68. The lowest BCUT2D eigenvalue weighted by molar-refractivity contribution is -0.695. The Morgan fingerprint density at radius 1 is 1.58 bits per heavy atom. The summed E-state index contributed by atoms with van der Waals surface area (Å²) in [6.45, 7) is 2.59. The van der Waals surface area contributed by atoms with E-state index in [9.17, 15) is 4.79 Å². The molecule has 0 aliphatic rings. The summed E-state index contributed by atoms with van der Waals surface area (Å²) >= 11 is 0. The van der Waals surface area contributed by atoms with Crippen molar-refractivity contribution in [1.82, 2.24) is 0 Å². The van der Waals surface area contributed by atoms with Gasteiger partial charge in [-0.1, -0.05) is 0 Å². The van der Waals surface area contributed by atoms with Gasteiger partial charge in [-0.2, -0.15) is 4.57 Å². The molecule has 4 heteroatoms. The highest BCUT2D eigenvalue weighted by Crippen LogP contribution is 1.90. The lowest BCUT2D eigenvalue weighted by Gasteiger charge is -1.94. The molecule has 1 N–H and O–H groups in total. The molecule has 0 aliphatic carbocycles. The zero-order valence-electron chi connectivity index (χ0n) is 6.73. The smallest absolute Gasteiger partial charge is 0.401 e. The average Bonchev–Trinajstić information content (AvgIpc) is 2.04. The molecule has 0 amide bonds. The molecule has 0 atom stereocenters. The Balaban J connectivity index is 0.00000121. The van der Waals surface area contributed by atoms with Crippen LogP contribution in [0.25, 0.3) is 0 Å². The molecule has 0 saturated heterocycles. The standard InChI is InChI=1S/C8H9NO2.ClH/c1-2-9-6-4-3-5-7(9)8(10)11;/h3-6H,2H2,1H3;1H/p+1. The first-order valence-electron chi connectivity index (χ1n) is 3.47. The van der Waals surface area contributed by atoms with Gasteiger partial charge in [-0.3, -0.25) is 0 Å². The van der Waals surface area contributed by atoms with E-state index in [4.69, 9.17) is 5.11 Å². The van der Waals surface area contributed by atoms with Gasteiger partial charge in [0.05, 0.1) is 0 Å². The van der Waals surface area contributed by atoms with Gasteiger partial charge in [0, 0.05) is 12.1 Å². The van der Waals surface area contributed by atoms with Crippen LogP contribution in [0.2, 0.25) is 0 Å². The lowest BCUT2D eigenvalue weighted by atomic mass is 10.3. The molecular formula is C8H11ClNO2+. The molecule has 1 aromatic rings. The third-order valence-electron chi connectivity index (χ3n) is 1.50. The number of hydrogen-bond acceptors (Lipinski definition) is 1. The minimum absolute atomic E-state index is 0. The Labute approximate surface area is 77.1 Å². The molecule has 0 aromatic carbocycles. The van der Waals surface area contributed by atoms with Crippen molar-refractivity contribution in [3.63, 3.8) is 0 Å². The minimum Gasteiger partial charge on any atom is -0.473 e. The van der Waals surface area contributed by atoms with Gasteiger partial charge in [0.2, 0.25) is 0 Å². The number of hydrogen-bond donors (Lipinski definition) is 1. The predicted molar refractivity (Wildman–Crippen MR) is 46.5 cm³/mol. The summed E-state index contributed by atoms with van der Waals surface area (Å²) in [5.41, 5.74) is 0.329. The topological polar surface area (TPSA) is 41.2 Å². The van der Waals surface area contributed by atoms with Crippen LogP contribution in [-0.2, 0) is 6.54 Å². The van der Waals surface area contributed by atoms with Crippen LogP contribution in [0.4, 0.5) is 0 Å². The number of aryl methyl sites for hydroxylation is 1. The predicted octanol–water partition coefficient (Wildman–Crippen LogP) is 1.11. The van der Waals surface area contributed by atoms with Crippen molar-refractivity contribution in [2.24, 2.45) is 0 Å². The van der Waals surface area contributed by atoms with Crippen molar-refractivity contribution in [3.8, 4) is 0 Å². The van der Waals surface area contributed by atoms with Crippen molar-refractivity contribution < 1.29 is 14.5 Å². The summed E-state index contributed by atoms with van der Waals surface area (Å²) in [7, 11) is 0. The number of carbonyl (C=O) groups is 1. The van der Waals surface area contributed by atoms with Crippen LogP contribution in [0, 0.1) is 0 Å². The highest BCUT2D eigenvalue weighted by atomic mass is 35.5. The molecule has 0 bridgehead atoms. The van der Waals surface area contributed by atoms with Gasteiger partial charge >= 0.3 is 5.97 Å². The highest BCUT2D eigenvalue weighted by molar-refractivity contribution is 5.85. The number of nitrogens with zero attached hydrogens (tertiary/aromatic N) is 1. The van der Waals surface area contributed by atoms with Crippen LogP contribution in [0.15, 0.2) is 24.4 Å². The van der Waals surface area contributed by atoms with Gasteiger partial charge in [-0.25, -0.2) is 4.79 Å². The monoisotopic (exact) mass is 188 g/mol. The fourth-order valence-electron chi connectivity index (χ4n) is 0.946. The van der Waals surface area contributed by atoms with Crippen LogP contribution < -0.4 is 4.57 Å². The number of carboxylic acid groups (broad SMARTS) is 1. The summed E-state index contributed by atoms with van der Waals surface area (Å²) in [6, 6.07) is 5.12. The van der Waals surface area contributed by atoms with E-state index < -0.39 is 5.97 Å². The average molecular weight is 189 g/mol. The van der Waals surface area contributed by atoms with Crippen LogP contribution in [0.5, 0.6) is 0 Å². The second kappa shape index (κ2) is 4.72. The summed E-state index contributed by atoms with van der Waals surface area (Å²) in [5, 5.41) is 8.68. The van der Waals surface area contributed by atoms with Gasteiger partial charge in [-0.15, -0.1) is 12.4 Å². The molecule has 1 rings (SSSR count). The second-order valence-corrected chi connectivity index (χ2v) is 2.18. The molecule has 0 unspecified atom stereocenters. The Morgan fingerprint density at radius 3 is 2.67 bits per heavy atom.